The van der Waals surface area contributed by atoms with Gasteiger partial charge in [0.15, 0.2) is 5.11 Å². The average Bonchev–Trinajstić information content (AvgIpc) is 2.68. The Labute approximate surface area is 165 Å². The molecule has 0 saturated heterocycles. The lowest BCUT2D eigenvalue weighted by Crippen LogP contribution is -2.43. The summed E-state index contributed by atoms with van der Waals surface area (Å²) in [6.45, 7) is 2.04. The van der Waals surface area contributed by atoms with Crippen molar-refractivity contribution in [3.8, 4) is 11.5 Å². The van der Waals surface area contributed by atoms with Gasteiger partial charge in [-0.3, -0.25) is 15.6 Å². The first-order valence-electron chi connectivity index (χ1n) is 8.65. The molecule has 2 aromatic rings. The van der Waals surface area contributed by atoms with E-state index in [1.807, 2.05) is 49.4 Å². The number of methoxy groups -OCH3 is 2. The molecule has 1 amide bonds. The molecule has 7 heteroatoms. The summed E-state index contributed by atoms with van der Waals surface area (Å²) in [5.41, 5.74) is 8.50. The summed E-state index contributed by atoms with van der Waals surface area (Å²) >= 11 is 5.17. The molecule has 0 atom stereocenters. The van der Waals surface area contributed by atoms with Gasteiger partial charge in [-0.1, -0.05) is 6.07 Å². The van der Waals surface area contributed by atoms with Crippen LogP contribution in [-0.4, -0.2) is 25.2 Å². The van der Waals surface area contributed by atoms with Gasteiger partial charge in [-0.05, 0) is 79.5 Å². The standard InChI is InChI=1S/C20H25N3O3S/c1-14-13-18(26-3)10-7-15(14)5-4-6-19(24)22-23-20(27)21-16-8-11-17(25-2)12-9-16/h7-13H,4-6H2,1-3H3,(H,22,24)(H2,21,23,27). The number of thiocarbonyl (C=S) groups is 1. The summed E-state index contributed by atoms with van der Waals surface area (Å²) < 4.78 is 10.3. The third-order valence-electron chi connectivity index (χ3n) is 4.06. The molecule has 144 valence electrons. The average molecular weight is 388 g/mol. The molecular weight excluding hydrogens is 362 g/mol. The van der Waals surface area contributed by atoms with Gasteiger partial charge in [0.1, 0.15) is 11.5 Å². The summed E-state index contributed by atoms with van der Waals surface area (Å²) in [6.07, 6.45) is 1.99. The van der Waals surface area contributed by atoms with Crippen LogP contribution in [0, 0.1) is 6.92 Å². The van der Waals surface area contributed by atoms with Crippen molar-refractivity contribution < 1.29 is 14.3 Å². The van der Waals surface area contributed by atoms with Crippen LogP contribution in [0.4, 0.5) is 5.69 Å². The largest absolute Gasteiger partial charge is 0.497 e. The van der Waals surface area contributed by atoms with Crippen LogP contribution in [0.5, 0.6) is 11.5 Å². The van der Waals surface area contributed by atoms with Gasteiger partial charge in [0.05, 0.1) is 14.2 Å². The second kappa shape index (κ2) is 10.4. The van der Waals surface area contributed by atoms with Crippen LogP contribution in [-0.2, 0) is 11.2 Å². The lowest BCUT2D eigenvalue weighted by molar-refractivity contribution is -0.121. The van der Waals surface area contributed by atoms with E-state index in [1.165, 1.54) is 5.56 Å². The van der Waals surface area contributed by atoms with Gasteiger partial charge in [-0.25, -0.2) is 0 Å². The highest BCUT2D eigenvalue weighted by atomic mass is 32.1. The summed E-state index contributed by atoms with van der Waals surface area (Å²) in [4.78, 5) is 12.0. The number of nitrogens with one attached hydrogen (secondary N) is 3. The molecule has 3 N–H and O–H groups in total. The first kappa shape index (κ1) is 20.5. The maximum atomic E-state index is 12.0. The van der Waals surface area contributed by atoms with E-state index >= 15 is 0 Å². The van der Waals surface area contributed by atoms with Crippen LogP contribution < -0.4 is 25.6 Å². The molecule has 0 aromatic heterocycles. The van der Waals surface area contributed by atoms with Gasteiger partial charge in [0.25, 0.3) is 0 Å². The Hall–Kier alpha value is -2.80. The maximum Gasteiger partial charge on any atom is 0.238 e. The van der Waals surface area contributed by atoms with E-state index in [1.54, 1.807) is 14.2 Å². The monoisotopic (exact) mass is 387 g/mol. The summed E-state index contributed by atoms with van der Waals surface area (Å²) in [7, 11) is 3.26. The molecule has 27 heavy (non-hydrogen) atoms. The van der Waals surface area contributed by atoms with Crippen LogP contribution in [0.2, 0.25) is 0 Å². The maximum absolute atomic E-state index is 12.0. The first-order valence-corrected chi connectivity index (χ1v) is 9.06. The van der Waals surface area contributed by atoms with E-state index in [0.717, 1.165) is 35.6 Å². The van der Waals surface area contributed by atoms with Gasteiger partial charge < -0.3 is 14.8 Å². The smallest absolute Gasteiger partial charge is 0.238 e. The number of aryl methyl sites for hydroxylation is 2. The topological polar surface area (TPSA) is 71.6 Å². The van der Waals surface area contributed by atoms with Crippen LogP contribution in [0.15, 0.2) is 42.5 Å². The number of rotatable bonds is 7. The normalized spacial score (nSPS) is 10.0. The minimum absolute atomic E-state index is 0.111. The quantitative estimate of drug-likeness (QED) is 0.500. The summed E-state index contributed by atoms with van der Waals surface area (Å²) in [6, 6.07) is 13.3. The van der Waals surface area contributed by atoms with Crippen molar-refractivity contribution >= 4 is 28.9 Å². The Balaban J connectivity index is 1.68. The van der Waals surface area contributed by atoms with E-state index in [9.17, 15) is 4.79 Å². The number of hydrogen-bond donors (Lipinski definition) is 3. The predicted octanol–water partition coefficient (Wildman–Crippen LogP) is 3.35. The molecule has 6 nitrogen and oxygen atoms in total. The fourth-order valence-electron chi connectivity index (χ4n) is 2.54. The molecular formula is C20H25N3O3S. The molecule has 0 spiro atoms. The van der Waals surface area contributed by atoms with E-state index in [2.05, 4.69) is 16.2 Å². The third-order valence-corrected chi connectivity index (χ3v) is 4.27. The highest BCUT2D eigenvalue weighted by Gasteiger charge is 2.05. The second-order valence-corrected chi connectivity index (χ2v) is 6.41. The molecule has 0 fully saturated rings. The highest BCUT2D eigenvalue weighted by Crippen LogP contribution is 2.18. The fraction of sp³-hybridized carbons (Fsp3) is 0.300. The molecule has 0 unspecified atom stereocenters. The van der Waals surface area contributed by atoms with Crippen molar-refractivity contribution in [1.82, 2.24) is 10.9 Å². The van der Waals surface area contributed by atoms with Crippen LogP contribution >= 0.6 is 12.2 Å². The minimum Gasteiger partial charge on any atom is -0.497 e. The molecule has 0 aliphatic heterocycles. The molecule has 0 heterocycles. The summed E-state index contributed by atoms with van der Waals surface area (Å²) in [5.74, 6) is 1.50. The molecule has 2 aromatic carbocycles. The SMILES string of the molecule is COc1ccc(NC(=S)NNC(=O)CCCc2ccc(OC)cc2C)cc1. The Bertz CT molecular complexity index is 779. The minimum atomic E-state index is -0.111. The number of ether oxygens (including phenoxy) is 2. The third kappa shape index (κ3) is 6.79. The Morgan fingerprint density at radius 1 is 1.00 bits per heavy atom. The molecule has 0 aliphatic rings. The van der Waals surface area contributed by atoms with Gasteiger partial charge in [0, 0.05) is 12.1 Å². The molecule has 0 aliphatic carbocycles. The van der Waals surface area contributed by atoms with Gasteiger partial charge in [0.2, 0.25) is 5.91 Å². The van der Waals surface area contributed by atoms with Gasteiger partial charge >= 0.3 is 0 Å². The van der Waals surface area contributed by atoms with Gasteiger partial charge in [-0.2, -0.15) is 0 Å². The zero-order chi connectivity index (χ0) is 19.6. The van der Waals surface area contributed by atoms with Crippen molar-refractivity contribution in [3.63, 3.8) is 0 Å². The number of benzene rings is 2. The zero-order valence-electron chi connectivity index (χ0n) is 15.8. The molecule has 0 bridgehead atoms. The van der Waals surface area contributed by atoms with Crippen molar-refractivity contribution in [1.29, 1.82) is 0 Å². The van der Waals surface area contributed by atoms with Crippen LogP contribution in [0.25, 0.3) is 0 Å². The van der Waals surface area contributed by atoms with Gasteiger partial charge in [-0.15, -0.1) is 0 Å². The van der Waals surface area contributed by atoms with E-state index in [0.29, 0.717) is 11.5 Å². The van der Waals surface area contributed by atoms with Crippen molar-refractivity contribution in [2.24, 2.45) is 0 Å². The highest BCUT2D eigenvalue weighted by molar-refractivity contribution is 7.80. The number of hydrazine groups is 1. The zero-order valence-corrected chi connectivity index (χ0v) is 16.6. The van der Waals surface area contributed by atoms with Crippen molar-refractivity contribution in [2.45, 2.75) is 26.2 Å². The van der Waals surface area contributed by atoms with Crippen molar-refractivity contribution in [2.75, 3.05) is 19.5 Å². The van der Waals surface area contributed by atoms with E-state index in [-0.39, 0.29) is 5.91 Å². The number of anilines is 1. The number of carbonyl (C=O) groups is 1. The Morgan fingerprint density at radius 2 is 1.67 bits per heavy atom. The molecule has 2 rings (SSSR count). The van der Waals surface area contributed by atoms with E-state index < -0.39 is 0 Å². The first-order chi connectivity index (χ1) is 13.0. The lowest BCUT2D eigenvalue weighted by Gasteiger charge is -2.12. The number of amides is 1. The Kier molecular flexibility index (Phi) is 7.88. The number of carbonyl (C=O) groups excluding carboxylic acids is 1. The Morgan fingerprint density at radius 3 is 2.30 bits per heavy atom. The van der Waals surface area contributed by atoms with Crippen LogP contribution in [0.3, 0.4) is 0 Å². The lowest BCUT2D eigenvalue weighted by atomic mass is 10.0. The predicted molar refractivity (Wildman–Crippen MR) is 111 cm³/mol. The fourth-order valence-corrected chi connectivity index (χ4v) is 2.71. The van der Waals surface area contributed by atoms with Crippen LogP contribution in [0.1, 0.15) is 24.0 Å². The second-order valence-electron chi connectivity index (χ2n) is 6.00. The van der Waals surface area contributed by atoms with Crippen molar-refractivity contribution in [3.05, 3.63) is 53.6 Å². The number of hydrogen-bond acceptors (Lipinski definition) is 4. The molecule has 0 radical (unpaired) electrons. The molecule has 0 saturated carbocycles. The van der Waals surface area contributed by atoms with E-state index in [4.69, 9.17) is 21.7 Å². The summed E-state index contributed by atoms with van der Waals surface area (Å²) in [5, 5.41) is 3.31.